The summed E-state index contributed by atoms with van der Waals surface area (Å²) in [6, 6.07) is 10.4. The van der Waals surface area contributed by atoms with E-state index in [9.17, 15) is 4.79 Å². The van der Waals surface area contributed by atoms with Crippen LogP contribution in [0.4, 0.5) is 5.82 Å². The van der Waals surface area contributed by atoms with Gasteiger partial charge in [-0.15, -0.1) is 0 Å². The summed E-state index contributed by atoms with van der Waals surface area (Å²) >= 11 is 0. The molecule has 0 aliphatic rings. The van der Waals surface area contributed by atoms with Crippen LogP contribution in [0, 0.1) is 0 Å². The number of rotatable bonds is 2. The first kappa shape index (κ1) is 10.9. The average molecular weight is 227 g/mol. The van der Waals surface area contributed by atoms with Crippen LogP contribution in [-0.2, 0) is 7.05 Å². The summed E-state index contributed by atoms with van der Waals surface area (Å²) in [6.45, 7) is 0. The van der Waals surface area contributed by atoms with E-state index in [1.807, 2.05) is 18.2 Å². The molecule has 0 radical (unpaired) electrons. The Morgan fingerprint density at radius 2 is 2.06 bits per heavy atom. The Labute approximate surface area is 96.8 Å². The largest absolute Gasteiger partial charge is 0.287 e. The molecule has 1 aromatic carbocycles. The Morgan fingerprint density at radius 1 is 1.35 bits per heavy atom. The molecule has 0 aliphatic carbocycles. The molecule has 0 saturated carbocycles. The monoisotopic (exact) mass is 227 g/mol. The normalized spacial score (nSPS) is 9.71. The van der Waals surface area contributed by atoms with Crippen LogP contribution in [0.1, 0.15) is 0 Å². The molecule has 2 rings (SSSR count). The lowest BCUT2D eigenvalue weighted by molar-refractivity contribution is 0.742. The Morgan fingerprint density at radius 3 is 2.71 bits per heavy atom. The molecule has 6 nitrogen and oxygen atoms in total. The molecule has 0 amide bonds. The second kappa shape index (κ2) is 4.51. The van der Waals surface area contributed by atoms with Gasteiger partial charge in [-0.2, -0.15) is 5.10 Å². The molecule has 0 saturated heterocycles. The molecule has 2 aromatic rings. The number of hydrogen-bond acceptors (Lipinski definition) is 3. The minimum absolute atomic E-state index is 0.192. The lowest BCUT2D eigenvalue weighted by atomic mass is 10.1. The molecule has 0 fully saturated rings. The maximum atomic E-state index is 11.8. The van der Waals surface area contributed by atoms with Crippen LogP contribution in [-0.4, -0.2) is 9.78 Å². The third-order valence-corrected chi connectivity index (χ3v) is 2.27. The molecular weight excluding hydrogens is 218 g/mol. The second-order valence-corrected chi connectivity index (χ2v) is 3.39. The van der Waals surface area contributed by atoms with Crippen molar-refractivity contribution in [2.24, 2.45) is 12.2 Å². The van der Waals surface area contributed by atoms with Crippen molar-refractivity contribution in [2.45, 2.75) is 0 Å². The minimum atomic E-state index is -0.267. The van der Waals surface area contributed by atoms with Gasteiger partial charge in [0, 0.05) is 23.6 Å². The Bertz CT molecular complexity index is 641. The molecular formula is C11H9N5O. The molecule has 84 valence electrons. The van der Waals surface area contributed by atoms with Gasteiger partial charge in [-0.1, -0.05) is 30.3 Å². The van der Waals surface area contributed by atoms with Gasteiger partial charge >= 0.3 is 0 Å². The molecule has 6 heteroatoms. The van der Waals surface area contributed by atoms with E-state index < -0.39 is 0 Å². The van der Waals surface area contributed by atoms with Crippen LogP contribution < -0.4 is 5.43 Å². The van der Waals surface area contributed by atoms with E-state index in [1.54, 1.807) is 19.2 Å². The molecule has 17 heavy (non-hydrogen) atoms. The fourth-order valence-electron chi connectivity index (χ4n) is 1.46. The third kappa shape index (κ3) is 2.16. The van der Waals surface area contributed by atoms with E-state index in [-0.39, 0.29) is 11.2 Å². The van der Waals surface area contributed by atoms with E-state index in [1.165, 1.54) is 10.7 Å². The van der Waals surface area contributed by atoms with Crippen LogP contribution in [0.2, 0.25) is 0 Å². The zero-order chi connectivity index (χ0) is 12.3. The fourth-order valence-corrected chi connectivity index (χ4v) is 1.46. The van der Waals surface area contributed by atoms with Crippen molar-refractivity contribution in [1.82, 2.24) is 9.78 Å². The van der Waals surface area contributed by atoms with Gasteiger partial charge in [0.1, 0.15) is 11.5 Å². The van der Waals surface area contributed by atoms with Gasteiger partial charge in [0.05, 0.1) is 0 Å². The maximum absolute atomic E-state index is 11.8. The SMILES string of the molecule is Cn1nc(-c2ccccc2)c(=O)cc1N=[N+]=[N-]. The number of nitrogens with zero attached hydrogens (tertiary/aromatic N) is 5. The second-order valence-electron chi connectivity index (χ2n) is 3.39. The van der Waals surface area contributed by atoms with Gasteiger partial charge in [0.25, 0.3) is 0 Å². The van der Waals surface area contributed by atoms with Crippen molar-refractivity contribution in [1.29, 1.82) is 0 Å². The molecule has 1 heterocycles. The van der Waals surface area contributed by atoms with Crippen molar-refractivity contribution in [3.05, 3.63) is 57.1 Å². The standard InChI is InChI=1S/C11H9N5O/c1-16-10(13-15-12)7-9(17)11(14-16)8-5-3-2-4-6-8/h2-7H,1H3. The molecule has 0 N–H and O–H groups in total. The highest BCUT2D eigenvalue weighted by Gasteiger charge is 2.07. The number of aryl methyl sites for hydroxylation is 1. The Kier molecular flexibility index (Phi) is 2.89. The number of benzene rings is 1. The van der Waals surface area contributed by atoms with Crippen molar-refractivity contribution in [3.63, 3.8) is 0 Å². The van der Waals surface area contributed by atoms with Gasteiger partial charge < -0.3 is 0 Å². The zero-order valence-electron chi connectivity index (χ0n) is 9.11. The highest BCUT2D eigenvalue weighted by molar-refractivity contribution is 5.58. The van der Waals surface area contributed by atoms with Gasteiger partial charge in [-0.3, -0.25) is 9.48 Å². The fraction of sp³-hybridized carbons (Fsp3) is 0.0909. The van der Waals surface area contributed by atoms with Crippen molar-refractivity contribution < 1.29 is 0 Å². The van der Waals surface area contributed by atoms with Gasteiger partial charge in [0.2, 0.25) is 5.43 Å². The highest BCUT2D eigenvalue weighted by atomic mass is 16.1. The van der Waals surface area contributed by atoms with E-state index in [2.05, 4.69) is 15.1 Å². The van der Waals surface area contributed by atoms with Crippen LogP contribution in [0.5, 0.6) is 0 Å². The lowest BCUT2D eigenvalue weighted by Crippen LogP contribution is -2.11. The summed E-state index contributed by atoms with van der Waals surface area (Å²) in [5, 5.41) is 7.48. The summed E-state index contributed by atoms with van der Waals surface area (Å²) in [6.07, 6.45) is 0. The number of aromatic nitrogens is 2. The summed E-state index contributed by atoms with van der Waals surface area (Å²) in [7, 11) is 1.62. The van der Waals surface area contributed by atoms with Crippen LogP contribution in [0.25, 0.3) is 21.7 Å². The van der Waals surface area contributed by atoms with Crippen molar-refractivity contribution in [3.8, 4) is 11.3 Å². The Balaban J connectivity index is 2.63. The van der Waals surface area contributed by atoms with E-state index in [4.69, 9.17) is 5.53 Å². The van der Waals surface area contributed by atoms with Crippen molar-refractivity contribution in [2.75, 3.05) is 0 Å². The first-order valence-electron chi connectivity index (χ1n) is 4.91. The molecule has 1 aromatic heterocycles. The van der Waals surface area contributed by atoms with Gasteiger partial charge in [0.15, 0.2) is 0 Å². The highest BCUT2D eigenvalue weighted by Crippen LogP contribution is 2.14. The molecule has 0 bridgehead atoms. The quantitative estimate of drug-likeness (QED) is 0.448. The molecule has 0 aliphatic heterocycles. The van der Waals surface area contributed by atoms with E-state index in [0.29, 0.717) is 5.69 Å². The summed E-state index contributed by atoms with van der Waals surface area (Å²) in [5.74, 6) is 0.192. The summed E-state index contributed by atoms with van der Waals surface area (Å²) in [4.78, 5) is 14.4. The summed E-state index contributed by atoms with van der Waals surface area (Å²) in [5.41, 5.74) is 9.14. The van der Waals surface area contributed by atoms with Gasteiger partial charge in [-0.05, 0) is 10.6 Å². The van der Waals surface area contributed by atoms with Crippen LogP contribution in [0.3, 0.4) is 0 Å². The smallest absolute Gasteiger partial charge is 0.208 e. The lowest BCUT2D eigenvalue weighted by Gasteiger charge is -2.05. The number of azide groups is 1. The third-order valence-electron chi connectivity index (χ3n) is 2.27. The number of hydrogen-bond donors (Lipinski definition) is 0. The molecule has 0 atom stereocenters. The average Bonchev–Trinajstić information content (AvgIpc) is 2.35. The van der Waals surface area contributed by atoms with E-state index in [0.717, 1.165) is 5.56 Å². The minimum Gasteiger partial charge on any atom is -0.287 e. The van der Waals surface area contributed by atoms with E-state index >= 15 is 0 Å². The van der Waals surface area contributed by atoms with Crippen LogP contribution in [0.15, 0.2) is 46.3 Å². The van der Waals surface area contributed by atoms with Gasteiger partial charge in [-0.25, -0.2) is 0 Å². The first-order valence-corrected chi connectivity index (χ1v) is 4.91. The molecule has 0 unspecified atom stereocenters. The predicted octanol–water partition coefficient (Wildman–Crippen LogP) is 2.39. The summed E-state index contributed by atoms with van der Waals surface area (Å²) < 4.78 is 1.38. The van der Waals surface area contributed by atoms with Crippen LogP contribution >= 0.6 is 0 Å². The topological polar surface area (TPSA) is 83.7 Å². The predicted molar refractivity (Wildman–Crippen MR) is 63.7 cm³/mol. The maximum Gasteiger partial charge on any atom is 0.208 e. The molecule has 0 spiro atoms. The first-order chi connectivity index (χ1) is 8.22. The zero-order valence-corrected chi connectivity index (χ0v) is 9.11. The Hall–Kier alpha value is -2.59. The van der Waals surface area contributed by atoms with Crippen molar-refractivity contribution >= 4 is 5.82 Å².